The number of hydrogen-bond acceptors (Lipinski definition) is 5. The zero-order chi connectivity index (χ0) is 17.2. The number of nitrogens with one attached hydrogen (secondary N) is 1. The second-order valence-corrected chi connectivity index (χ2v) is 7.41. The summed E-state index contributed by atoms with van der Waals surface area (Å²) in [6.07, 6.45) is 1.73. The van der Waals surface area contributed by atoms with Gasteiger partial charge in [-0.05, 0) is 32.3 Å². The molecule has 0 spiro atoms. The van der Waals surface area contributed by atoms with Crippen molar-refractivity contribution < 1.29 is 14.3 Å². The average molecular weight is 337 g/mol. The molecule has 4 atom stereocenters. The molecule has 3 fully saturated rings. The molecule has 1 aromatic carbocycles. The molecule has 0 amide bonds. The molecule has 0 saturated carbocycles. The molecule has 1 N–H and O–H groups in total. The summed E-state index contributed by atoms with van der Waals surface area (Å²) in [6.45, 7) is 3.98. The lowest BCUT2D eigenvalue weighted by atomic mass is 9.59. The Morgan fingerprint density at radius 2 is 1.88 bits per heavy atom. The first kappa shape index (κ1) is 14.8. The van der Waals surface area contributed by atoms with Gasteiger partial charge in [-0.25, -0.2) is 0 Å². The summed E-state index contributed by atoms with van der Waals surface area (Å²) in [7, 11) is 0. The molecular formula is C19H19N3O3. The maximum absolute atomic E-state index is 12.6. The third kappa shape index (κ3) is 1.75. The number of carbonyl (C=O) groups excluding carboxylic acids is 1. The summed E-state index contributed by atoms with van der Waals surface area (Å²) in [5, 5.41) is 7.26. The van der Waals surface area contributed by atoms with Crippen molar-refractivity contribution in [3.8, 4) is 11.3 Å². The van der Waals surface area contributed by atoms with Crippen molar-refractivity contribution in [3.63, 3.8) is 0 Å². The van der Waals surface area contributed by atoms with Crippen LogP contribution in [-0.4, -0.2) is 34.3 Å². The van der Waals surface area contributed by atoms with Crippen LogP contribution in [0.5, 0.6) is 0 Å². The maximum atomic E-state index is 12.6. The Hall–Kier alpha value is -2.47. The number of H-pyrrole nitrogens is 1. The zero-order valence-electron chi connectivity index (χ0n) is 14.2. The molecule has 6 nitrogen and oxygen atoms in total. The van der Waals surface area contributed by atoms with Crippen molar-refractivity contribution in [1.29, 1.82) is 0 Å². The number of aromatic amines is 1. The Kier molecular flexibility index (Phi) is 2.84. The number of hydrogen-bond donors (Lipinski definition) is 1. The van der Waals surface area contributed by atoms with Crippen LogP contribution in [0.3, 0.4) is 0 Å². The monoisotopic (exact) mass is 337 g/mol. The van der Waals surface area contributed by atoms with Gasteiger partial charge in [0.1, 0.15) is 5.41 Å². The summed E-state index contributed by atoms with van der Waals surface area (Å²) < 4.78 is 11.7. The van der Waals surface area contributed by atoms with E-state index in [0.717, 1.165) is 24.1 Å². The third-order valence-corrected chi connectivity index (χ3v) is 6.31. The minimum Gasteiger partial charge on any atom is -0.410 e. The minimum atomic E-state index is -0.659. The second kappa shape index (κ2) is 4.79. The molecule has 25 heavy (non-hydrogen) atoms. The van der Waals surface area contributed by atoms with Crippen LogP contribution in [0.4, 0.5) is 5.82 Å². The Balaban J connectivity index is 1.54. The number of aliphatic imine (C=N–C) groups is 1. The van der Waals surface area contributed by atoms with E-state index < -0.39 is 10.8 Å². The highest BCUT2D eigenvalue weighted by molar-refractivity contribution is 6.06. The fraction of sp³-hybridized carbons (Fsp3) is 0.421. The number of carbonyl (C=O) groups is 1. The van der Waals surface area contributed by atoms with Crippen molar-refractivity contribution in [2.45, 2.75) is 38.9 Å². The van der Waals surface area contributed by atoms with E-state index in [1.807, 2.05) is 50.2 Å². The molecule has 3 aliphatic rings. The van der Waals surface area contributed by atoms with Crippen molar-refractivity contribution in [1.82, 2.24) is 10.2 Å². The summed E-state index contributed by atoms with van der Waals surface area (Å²) >= 11 is 0. The van der Waals surface area contributed by atoms with Gasteiger partial charge in [0.2, 0.25) is 5.90 Å². The number of rotatable bonds is 2. The highest BCUT2D eigenvalue weighted by Crippen LogP contribution is 2.64. The van der Waals surface area contributed by atoms with Crippen LogP contribution < -0.4 is 0 Å². The molecule has 128 valence electrons. The van der Waals surface area contributed by atoms with Gasteiger partial charge < -0.3 is 9.47 Å². The number of esters is 1. The lowest BCUT2D eigenvalue weighted by Crippen LogP contribution is -2.48. The Morgan fingerprint density at radius 1 is 1.16 bits per heavy atom. The van der Waals surface area contributed by atoms with E-state index in [1.165, 1.54) is 0 Å². The van der Waals surface area contributed by atoms with Gasteiger partial charge in [-0.3, -0.25) is 9.89 Å². The fourth-order valence-electron chi connectivity index (χ4n) is 4.54. The number of aromatic nitrogens is 2. The summed E-state index contributed by atoms with van der Waals surface area (Å²) in [6, 6.07) is 11.8. The Morgan fingerprint density at radius 3 is 2.64 bits per heavy atom. The lowest BCUT2D eigenvalue weighted by molar-refractivity contribution is -0.146. The van der Waals surface area contributed by atoms with Gasteiger partial charge in [0.05, 0.1) is 23.3 Å². The quantitative estimate of drug-likeness (QED) is 0.854. The van der Waals surface area contributed by atoms with E-state index in [4.69, 9.17) is 9.47 Å². The highest BCUT2D eigenvalue weighted by Gasteiger charge is 2.75. The normalized spacial score (nSPS) is 37.5. The third-order valence-electron chi connectivity index (χ3n) is 6.31. The first-order valence-electron chi connectivity index (χ1n) is 8.61. The molecule has 3 saturated heterocycles. The van der Waals surface area contributed by atoms with Crippen LogP contribution in [0.15, 0.2) is 41.4 Å². The van der Waals surface area contributed by atoms with Crippen LogP contribution in [0.1, 0.15) is 26.7 Å². The van der Waals surface area contributed by atoms with E-state index in [0.29, 0.717) is 11.7 Å². The van der Waals surface area contributed by atoms with E-state index in [2.05, 4.69) is 15.2 Å². The van der Waals surface area contributed by atoms with Crippen LogP contribution in [-0.2, 0) is 14.3 Å². The number of nitrogens with zero attached hydrogens (tertiary/aromatic N) is 2. The molecule has 2 bridgehead atoms. The second-order valence-electron chi connectivity index (χ2n) is 7.41. The van der Waals surface area contributed by atoms with Crippen LogP contribution in [0, 0.1) is 10.8 Å². The Bertz CT molecular complexity index is 890. The van der Waals surface area contributed by atoms with Crippen molar-refractivity contribution in [3.05, 3.63) is 36.4 Å². The predicted octanol–water partition coefficient (Wildman–Crippen LogP) is 3.24. The molecule has 3 aliphatic heterocycles. The molecule has 0 aliphatic carbocycles. The van der Waals surface area contributed by atoms with Crippen LogP contribution in [0.25, 0.3) is 11.3 Å². The van der Waals surface area contributed by atoms with E-state index in [-0.39, 0.29) is 18.2 Å². The van der Waals surface area contributed by atoms with E-state index in [1.54, 1.807) is 0 Å². The van der Waals surface area contributed by atoms with Gasteiger partial charge in [0.25, 0.3) is 0 Å². The van der Waals surface area contributed by atoms with Crippen molar-refractivity contribution in [2.24, 2.45) is 15.8 Å². The van der Waals surface area contributed by atoms with Gasteiger partial charge in [0, 0.05) is 6.07 Å². The standard InChI is InChI=1S/C19H19N3O3/c1-18-13-8-9-14(24-13)19(18,2)17(23)25-16(18)20-15-10-12(21-22-15)11-6-4-3-5-7-11/h3-7,10,13-14H,8-9H2,1-2H3,(H,21,22)/t13-,14+,18+,19-/m0/s1. The first-order valence-corrected chi connectivity index (χ1v) is 8.61. The molecule has 4 heterocycles. The van der Waals surface area contributed by atoms with E-state index >= 15 is 0 Å². The smallest absolute Gasteiger partial charge is 0.322 e. The van der Waals surface area contributed by atoms with Crippen LogP contribution >= 0.6 is 0 Å². The van der Waals surface area contributed by atoms with Crippen molar-refractivity contribution >= 4 is 17.7 Å². The molecule has 0 unspecified atom stereocenters. The highest BCUT2D eigenvalue weighted by atomic mass is 16.6. The van der Waals surface area contributed by atoms with Gasteiger partial charge in [0.15, 0.2) is 5.82 Å². The molecule has 1 aromatic heterocycles. The summed E-state index contributed by atoms with van der Waals surface area (Å²) in [5.74, 6) is 0.702. The largest absolute Gasteiger partial charge is 0.410 e. The van der Waals surface area contributed by atoms with Gasteiger partial charge >= 0.3 is 5.97 Å². The molecule has 0 radical (unpaired) electrons. The zero-order valence-corrected chi connectivity index (χ0v) is 14.2. The average Bonchev–Trinajstić information content (AvgIpc) is 3.36. The predicted molar refractivity (Wildman–Crippen MR) is 91.3 cm³/mol. The Labute approximate surface area is 145 Å². The van der Waals surface area contributed by atoms with Gasteiger partial charge in [-0.2, -0.15) is 10.1 Å². The van der Waals surface area contributed by atoms with Gasteiger partial charge in [-0.1, -0.05) is 30.3 Å². The SMILES string of the molecule is C[C@@]12C(=Nc3cc(-c4ccccc4)[nH]n3)OC(=O)[C@]1(C)[C@H]1CC[C@@H]2O1. The number of benzene rings is 1. The van der Waals surface area contributed by atoms with Crippen molar-refractivity contribution in [2.75, 3.05) is 0 Å². The molecule has 6 heteroatoms. The van der Waals surface area contributed by atoms with E-state index in [9.17, 15) is 4.79 Å². The minimum absolute atomic E-state index is 0.0276. The fourth-order valence-corrected chi connectivity index (χ4v) is 4.54. The van der Waals surface area contributed by atoms with Gasteiger partial charge in [-0.15, -0.1) is 0 Å². The first-order chi connectivity index (χ1) is 12.0. The molecule has 5 rings (SSSR count). The summed E-state index contributed by atoms with van der Waals surface area (Å²) in [4.78, 5) is 17.2. The molecular weight excluding hydrogens is 318 g/mol. The topological polar surface area (TPSA) is 76.6 Å². The number of cyclic esters (lactones) is 1. The lowest BCUT2D eigenvalue weighted by Gasteiger charge is -2.36. The molecule has 2 aromatic rings. The maximum Gasteiger partial charge on any atom is 0.322 e. The number of fused-ring (bicyclic) bond motifs is 5. The summed E-state index contributed by atoms with van der Waals surface area (Å²) in [5.41, 5.74) is 0.720. The number of ether oxygens (including phenoxy) is 2. The van der Waals surface area contributed by atoms with Crippen LogP contribution in [0.2, 0.25) is 0 Å².